The van der Waals surface area contributed by atoms with Crippen LogP contribution < -0.4 is 11.1 Å². The van der Waals surface area contributed by atoms with Crippen LogP contribution in [0.2, 0.25) is 0 Å². The van der Waals surface area contributed by atoms with E-state index in [-0.39, 0.29) is 17.6 Å². The Morgan fingerprint density at radius 1 is 1.38 bits per heavy atom. The average Bonchev–Trinajstić information content (AvgIpc) is 2.26. The van der Waals surface area contributed by atoms with Crippen molar-refractivity contribution in [3.05, 3.63) is 35.6 Å². The summed E-state index contributed by atoms with van der Waals surface area (Å²) >= 11 is 0. The fraction of sp³-hybridized carbons (Fsp3) is 0.417. The highest BCUT2D eigenvalue weighted by molar-refractivity contribution is 5.80. The number of nitrogens with one attached hydrogen (secondary N) is 1. The molecule has 0 aliphatic rings. The summed E-state index contributed by atoms with van der Waals surface area (Å²) in [6, 6.07) is 5.77. The Morgan fingerprint density at radius 2 is 1.94 bits per heavy atom. The summed E-state index contributed by atoms with van der Waals surface area (Å²) in [5.41, 5.74) is 6.41. The summed E-state index contributed by atoms with van der Waals surface area (Å²) in [6.45, 7) is 4.11. The van der Waals surface area contributed by atoms with Gasteiger partial charge in [0.25, 0.3) is 0 Å². The number of rotatable bonds is 4. The first-order valence-electron chi connectivity index (χ1n) is 5.29. The third-order valence-corrected chi connectivity index (χ3v) is 2.44. The molecule has 3 N–H and O–H groups in total. The van der Waals surface area contributed by atoms with Gasteiger partial charge in [0.2, 0.25) is 5.91 Å². The van der Waals surface area contributed by atoms with Crippen molar-refractivity contribution in [3.8, 4) is 0 Å². The normalized spacial score (nSPS) is 14.2. The van der Waals surface area contributed by atoms with Crippen molar-refractivity contribution in [1.29, 1.82) is 0 Å². The van der Waals surface area contributed by atoms with E-state index in [1.807, 2.05) is 6.92 Å². The molecule has 1 aromatic carbocycles. The Morgan fingerprint density at radius 3 is 2.44 bits per heavy atom. The zero-order valence-electron chi connectivity index (χ0n) is 9.53. The van der Waals surface area contributed by atoms with Crippen LogP contribution in [0.3, 0.4) is 0 Å². The highest BCUT2D eigenvalue weighted by Gasteiger charge is 2.10. The average molecular weight is 224 g/mol. The third kappa shape index (κ3) is 3.62. The maximum absolute atomic E-state index is 12.7. The van der Waals surface area contributed by atoms with Crippen LogP contribution in [-0.4, -0.2) is 18.5 Å². The maximum atomic E-state index is 12.7. The minimum atomic E-state index is -0.500. The molecule has 1 unspecified atom stereocenters. The van der Waals surface area contributed by atoms with Gasteiger partial charge in [0.1, 0.15) is 5.82 Å². The molecule has 0 aliphatic carbocycles. The van der Waals surface area contributed by atoms with E-state index in [0.29, 0.717) is 6.54 Å². The van der Waals surface area contributed by atoms with Crippen LogP contribution >= 0.6 is 0 Å². The zero-order valence-corrected chi connectivity index (χ0v) is 9.53. The molecule has 0 heterocycles. The lowest BCUT2D eigenvalue weighted by Crippen LogP contribution is -2.39. The van der Waals surface area contributed by atoms with Crippen LogP contribution in [0.4, 0.5) is 4.39 Å². The highest BCUT2D eigenvalue weighted by Crippen LogP contribution is 2.14. The fourth-order valence-corrected chi connectivity index (χ4v) is 1.32. The molecule has 1 amide bonds. The van der Waals surface area contributed by atoms with Crippen molar-refractivity contribution in [2.75, 3.05) is 6.54 Å². The van der Waals surface area contributed by atoms with Gasteiger partial charge >= 0.3 is 0 Å². The van der Waals surface area contributed by atoms with Crippen LogP contribution in [0.5, 0.6) is 0 Å². The molecule has 0 bridgehead atoms. The first-order chi connectivity index (χ1) is 7.50. The lowest BCUT2D eigenvalue weighted by molar-refractivity contribution is -0.122. The number of hydrogen-bond donors (Lipinski definition) is 2. The topological polar surface area (TPSA) is 55.1 Å². The predicted octanol–water partition coefficient (Wildman–Crippen LogP) is 1.39. The molecular formula is C12H17FN2O. The van der Waals surface area contributed by atoms with Gasteiger partial charge in [-0.05, 0) is 30.5 Å². The Labute approximate surface area is 94.8 Å². The van der Waals surface area contributed by atoms with Gasteiger partial charge in [-0.15, -0.1) is 0 Å². The van der Waals surface area contributed by atoms with Gasteiger partial charge in [-0.25, -0.2) is 4.39 Å². The molecule has 0 spiro atoms. The largest absolute Gasteiger partial charge is 0.354 e. The number of nitrogens with two attached hydrogens (primary N) is 1. The second kappa shape index (κ2) is 5.61. The Hall–Kier alpha value is -1.42. The molecule has 16 heavy (non-hydrogen) atoms. The Balaban J connectivity index is 2.49. The molecule has 0 radical (unpaired) electrons. The predicted molar refractivity (Wildman–Crippen MR) is 61.5 cm³/mol. The van der Waals surface area contributed by atoms with E-state index in [9.17, 15) is 9.18 Å². The molecule has 0 aliphatic heterocycles. The van der Waals surface area contributed by atoms with Crippen LogP contribution in [0, 0.1) is 5.82 Å². The smallest absolute Gasteiger partial charge is 0.236 e. The molecule has 1 rings (SSSR count). The minimum Gasteiger partial charge on any atom is -0.354 e. The number of benzene rings is 1. The van der Waals surface area contributed by atoms with Gasteiger partial charge in [0.15, 0.2) is 0 Å². The van der Waals surface area contributed by atoms with E-state index in [1.54, 1.807) is 19.1 Å². The molecule has 1 aromatic rings. The number of halogens is 1. The van der Waals surface area contributed by atoms with Crippen molar-refractivity contribution < 1.29 is 9.18 Å². The first-order valence-corrected chi connectivity index (χ1v) is 5.29. The molecule has 88 valence electrons. The number of amides is 1. The SMILES string of the molecule is CC(CNC(=O)[C@@H](C)N)c1ccc(F)cc1. The van der Waals surface area contributed by atoms with E-state index < -0.39 is 6.04 Å². The standard InChI is InChI=1S/C12H17FN2O/c1-8(7-15-12(16)9(2)14)10-3-5-11(13)6-4-10/h3-6,8-9H,7,14H2,1-2H3,(H,15,16)/t8?,9-/m1/s1. The summed E-state index contributed by atoms with van der Waals surface area (Å²) in [6.07, 6.45) is 0. The van der Waals surface area contributed by atoms with Crippen molar-refractivity contribution in [1.82, 2.24) is 5.32 Å². The van der Waals surface area contributed by atoms with Crippen LogP contribution in [0.15, 0.2) is 24.3 Å². The van der Waals surface area contributed by atoms with E-state index in [2.05, 4.69) is 5.32 Å². The van der Waals surface area contributed by atoms with Gasteiger partial charge in [-0.1, -0.05) is 19.1 Å². The molecular weight excluding hydrogens is 207 g/mol. The zero-order chi connectivity index (χ0) is 12.1. The van der Waals surface area contributed by atoms with Crippen LogP contribution in [-0.2, 0) is 4.79 Å². The van der Waals surface area contributed by atoms with Crippen LogP contribution in [0.25, 0.3) is 0 Å². The van der Waals surface area contributed by atoms with Crippen LogP contribution in [0.1, 0.15) is 25.3 Å². The number of carbonyl (C=O) groups is 1. The van der Waals surface area contributed by atoms with Gasteiger partial charge in [-0.3, -0.25) is 4.79 Å². The highest BCUT2D eigenvalue weighted by atomic mass is 19.1. The molecule has 0 saturated carbocycles. The summed E-state index contributed by atoms with van der Waals surface area (Å²) < 4.78 is 12.7. The Bertz CT molecular complexity index is 349. The van der Waals surface area contributed by atoms with E-state index >= 15 is 0 Å². The minimum absolute atomic E-state index is 0.142. The second-order valence-corrected chi connectivity index (χ2v) is 3.99. The second-order valence-electron chi connectivity index (χ2n) is 3.99. The summed E-state index contributed by atoms with van der Waals surface area (Å²) in [7, 11) is 0. The van der Waals surface area contributed by atoms with E-state index in [1.165, 1.54) is 12.1 Å². The van der Waals surface area contributed by atoms with Crippen molar-refractivity contribution in [3.63, 3.8) is 0 Å². The molecule has 2 atom stereocenters. The van der Waals surface area contributed by atoms with Gasteiger partial charge in [0.05, 0.1) is 6.04 Å². The summed E-state index contributed by atoms with van der Waals surface area (Å²) in [5.74, 6) is -0.284. The third-order valence-electron chi connectivity index (χ3n) is 2.44. The van der Waals surface area contributed by atoms with Gasteiger partial charge in [-0.2, -0.15) is 0 Å². The van der Waals surface area contributed by atoms with Gasteiger partial charge < -0.3 is 11.1 Å². The first kappa shape index (κ1) is 12.6. The lowest BCUT2D eigenvalue weighted by Gasteiger charge is -2.14. The van der Waals surface area contributed by atoms with E-state index in [0.717, 1.165) is 5.56 Å². The summed E-state index contributed by atoms with van der Waals surface area (Å²) in [5, 5.41) is 2.74. The summed E-state index contributed by atoms with van der Waals surface area (Å²) in [4.78, 5) is 11.2. The monoisotopic (exact) mass is 224 g/mol. The molecule has 0 fully saturated rings. The number of hydrogen-bond acceptors (Lipinski definition) is 2. The lowest BCUT2D eigenvalue weighted by atomic mass is 10.0. The van der Waals surface area contributed by atoms with Crippen molar-refractivity contribution in [2.24, 2.45) is 5.73 Å². The maximum Gasteiger partial charge on any atom is 0.236 e. The molecule has 4 heteroatoms. The van der Waals surface area contributed by atoms with Gasteiger partial charge in [0, 0.05) is 6.54 Å². The van der Waals surface area contributed by atoms with Crippen molar-refractivity contribution in [2.45, 2.75) is 25.8 Å². The van der Waals surface area contributed by atoms with Crippen molar-refractivity contribution >= 4 is 5.91 Å². The fourth-order valence-electron chi connectivity index (χ4n) is 1.32. The quantitative estimate of drug-likeness (QED) is 0.812. The van der Waals surface area contributed by atoms with E-state index in [4.69, 9.17) is 5.73 Å². The Kier molecular flexibility index (Phi) is 4.43. The molecule has 3 nitrogen and oxygen atoms in total. The molecule has 0 saturated heterocycles. The number of carbonyl (C=O) groups excluding carboxylic acids is 1. The molecule has 0 aromatic heterocycles.